The number of benzene rings is 1. The molecule has 3 aromatic rings. The molecule has 104 valence electrons. The van der Waals surface area contributed by atoms with Crippen LogP contribution < -0.4 is 4.74 Å². The lowest BCUT2D eigenvalue weighted by Crippen LogP contribution is -1.98. The van der Waals surface area contributed by atoms with Gasteiger partial charge in [-0.2, -0.15) is 10.1 Å². The van der Waals surface area contributed by atoms with E-state index >= 15 is 0 Å². The highest BCUT2D eigenvalue weighted by Gasteiger charge is 2.01. The lowest BCUT2D eigenvalue weighted by atomic mass is 10.2. The number of hydrogen-bond donors (Lipinski definition) is 0. The normalized spacial score (nSPS) is 10.2. The number of halogens is 1. The molecule has 0 spiro atoms. The molecule has 3 rings (SSSR count). The van der Waals surface area contributed by atoms with E-state index in [4.69, 9.17) is 4.74 Å². The lowest BCUT2D eigenvalue weighted by molar-refractivity contribution is 0.355. The van der Waals surface area contributed by atoms with Gasteiger partial charge >= 0.3 is 0 Å². The molecule has 0 bridgehead atoms. The Bertz CT molecular complexity index is 845. The number of rotatable bonds is 2. The topological polar surface area (TPSA) is 39.4 Å². The Balaban J connectivity index is 1.68. The molecule has 0 saturated carbocycles. The van der Waals surface area contributed by atoms with Crippen LogP contribution in [-0.4, -0.2) is 21.2 Å². The maximum atomic E-state index is 13.4. The summed E-state index contributed by atoms with van der Waals surface area (Å²) in [5, 5.41) is 4.23. The third-order valence-corrected chi connectivity index (χ3v) is 2.81. The lowest BCUT2D eigenvalue weighted by Gasteiger charge is -2.00. The first kappa shape index (κ1) is 13.1. The molecular formula is C16H12FN3O. The van der Waals surface area contributed by atoms with Gasteiger partial charge in [-0.3, -0.25) is 0 Å². The first-order valence-electron chi connectivity index (χ1n) is 6.41. The van der Waals surface area contributed by atoms with Crippen LogP contribution in [0.25, 0.3) is 5.65 Å². The highest BCUT2D eigenvalue weighted by atomic mass is 19.1. The molecule has 0 saturated heterocycles. The van der Waals surface area contributed by atoms with Crippen molar-refractivity contribution in [3.05, 3.63) is 59.7 Å². The monoisotopic (exact) mass is 281 g/mol. The molecule has 21 heavy (non-hydrogen) atoms. The highest BCUT2D eigenvalue weighted by Crippen LogP contribution is 2.10. The van der Waals surface area contributed by atoms with Crippen LogP contribution in [0.2, 0.25) is 0 Å². The fourth-order valence-corrected chi connectivity index (χ4v) is 1.87. The Morgan fingerprint density at radius 2 is 2.14 bits per heavy atom. The molecule has 5 heteroatoms. The fourth-order valence-electron chi connectivity index (χ4n) is 1.87. The second-order valence-electron chi connectivity index (χ2n) is 4.42. The van der Waals surface area contributed by atoms with Crippen molar-refractivity contribution in [3.8, 4) is 17.7 Å². The number of hydrogen-bond acceptors (Lipinski definition) is 3. The van der Waals surface area contributed by atoms with Gasteiger partial charge in [-0.1, -0.05) is 24.0 Å². The van der Waals surface area contributed by atoms with E-state index < -0.39 is 0 Å². The van der Waals surface area contributed by atoms with E-state index in [0.29, 0.717) is 17.1 Å². The number of fused-ring (bicyclic) bond motifs is 1. The summed E-state index contributed by atoms with van der Waals surface area (Å²) in [4.78, 5) is 4.29. The molecule has 0 radical (unpaired) electrons. The van der Waals surface area contributed by atoms with Crippen molar-refractivity contribution in [2.45, 2.75) is 6.92 Å². The van der Waals surface area contributed by atoms with E-state index in [1.807, 2.05) is 13.0 Å². The first-order valence-corrected chi connectivity index (χ1v) is 6.41. The predicted molar refractivity (Wildman–Crippen MR) is 76.5 cm³/mol. The minimum atomic E-state index is -0.334. The minimum Gasteiger partial charge on any atom is -0.464 e. The Morgan fingerprint density at radius 1 is 1.29 bits per heavy atom. The molecule has 4 nitrogen and oxygen atoms in total. The molecule has 0 fully saturated rings. The Morgan fingerprint density at radius 3 is 3.00 bits per heavy atom. The van der Waals surface area contributed by atoms with Gasteiger partial charge in [0.05, 0.1) is 11.3 Å². The highest BCUT2D eigenvalue weighted by molar-refractivity contribution is 5.40. The van der Waals surface area contributed by atoms with E-state index in [0.717, 1.165) is 5.69 Å². The van der Waals surface area contributed by atoms with Crippen LogP contribution in [0, 0.1) is 24.6 Å². The molecule has 2 aromatic heterocycles. The van der Waals surface area contributed by atoms with Crippen molar-refractivity contribution >= 4 is 5.65 Å². The SMILES string of the molecule is Cc1cc2nc(OCC#Cc3ccccc3F)ccn2n1. The van der Waals surface area contributed by atoms with E-state index in [-0.39, 0.29) is 12.4 Å². The summed E-state index contributed by atoms with van der Waals surface area (Å²) in [6.45, 7) is 2.04. The summed E-state index contributed by atoms with van der Waals surface area (Å²) < 4.78 is 20.5. The Labute approximate surface area is 121 Å². The molecule has 0 atom stereocenters. The van der Waals surface area contributed by atoms with Crippen molar-refractivity contribution in [1.82, 2.24) is 14.6 Å². The first-order chi connectivity index (χ1) is 10.2. The van der Waals surface area contributed by atoms with Crippen molar-refractivity contribution in [2.75, 3.05) is 6.61 Å². The second-order valence-corrected chi connectivity index (χ2v) is 4.42. The van der Waals surface area contributed by atoms with Crippen molar-refractivity contribution in [2.24, 2.45) is 0 Å². The number of aryl methyl sites for hydroxylation is 1. The molecule has 0 aliphatic rings. The van der Waals surface area contributed by atoms with Crippen molar-refractivity contribution in [3.63, 3.8) is 0 Å². The molecule has 0 aliphatic heterocycles. The zero-order valence-electron chi connectivity index (χ0n) is 11.4. The Hall–Kier alpha value is -2.87. The number of nitrogens with zero attached hydrogens (tertiary/aromatic N) is 3. The van der Waals surface area contributed by atoms with Gasteiger partial charge in [-0.25, -0.2) is 8.91 Å². The van der Waals surface area contributed by atoms with Gasteiger partial charge in [0.25, 0.3) is 0 Å². The van der Waals surface area contributed by atoms with Gasteiger partial charge in [0.1, 0.15) is 5.82 Å². The molecule has 0 unspecified atom stereocenters. The maximum absolute atomic E-state index is 13.4. The largest absolute Gasteiger partial charge is 0.464 e. The summed E-state index contributed by atoms with van der Waals surface area (Å²) in [6.07, 6.45) is 1.77. The van der Waals surface area contributed by atoms with E-state index in [9.17, 15) is 4.39 Å². The van der Waals surface area contributed by atoms with Crippen molar-refractivity contribution in [1.29, 1.82) is 0 Å². The molecule has 1 aromatic carbocycles. The van der Waals surface area contributed by atoms with E-state index in [1.165, 1.54) is 6.07 Å². The second kappa shape index (κ2) is 5.63. The fraction of sp³-hybridized carbons (Fsp3) is 0.125. The average Bonchev–Trinajstić information content (AvgIpc) is 2.84. The molecule has 0 aliphatic carbocycles. The van der Waals surface area contributed by atoms with Gasteiger partial charge < -0.3 is 4.74 Å². The van der Waals surface area contributed by atoms with Gasteiger partial charge in [0, 0.05) is 18.3 Å². The van der Waals surface area contributed by atoms with E-state index in [2.05, 4.69) is 21.9 Å². The van der Waals surface area contributed by atoms with Crippen LogP contribution in [-0.2, 0) is 0 Å². The zero-order valence-corrected chi connectivity index (χ0v) is 11.4. The third-order valence-electron chi connectivity index (χ3n) is 2.81. The van der Waals surface area contributed by atoms with Crippen LogP contribution in [0.4, 0.5) is 4.39 Å². The number of ether oxygens (including phenoxy) is 1. The standard InChI is InChI=1S/C16H12FN3O/c1-12-11-15-18-16(8-9-20(15)19-12)21-10-4-6-13-5-2-3-7-14(13)17/h2-3,5,7-9,11H,10H2,1H3. The molecule has 0 N–H and O–H groups in total. The van der Waals surface area contributed by atoms with E-state index in [1.54, 1.807) is 35.0 Å². The van der Waals surface area contributed by atoms with Gasteiger partial charge in [-0.05, 0) is 19.1 Å². The van der Waals surface area contributed by atoms with Crippen LogP contribution in [0.1, 0.15) is 11.3 Å². The maximum Gasteiger partial charge on any atom is 0.217 e. The van der Waals surface area contributed by atoms with Gasteiger partial charge in [-0.15, -0.1) is 0 Å². The third kappa shape index (κ3) is 3.00. The summed E-state index contributed by atoms with van der Waals surface area (Å²) in [5.41, 5.74) is 1.96. The number of aromatic nitrogens is 3. The van der Waals surface area contributed by atoms with Gasteiger partial charge in [0.15, 0.2) is 12.3 Å². The van der Waals surface area contributed by atoms with Gasteiger partial charge in [0.2, 0.25) is 5.88 Å². The van der Waals surface area contributed by atoms with Crippen LogP contribution in [0.5, 0.6) is 5.88 Å². The molecule has 2 heterocycles. The van der Waals surface area contributed by atoms with Crippen LogP contribution in [0.3, 0.4) is 0 Å². The Kier molecular flexibility index (Phi) is 3.52. The summed E-state index contributed by atoms with van der Waals surface area (Å²) in [5.74, 6) is 5.63. The zero-order chi connectivity index (χ0) is 14.7. The molecule has 0 amide bonds. The van der Waals surface area contributed by atoms with Crippen LogP contribution in [0.15, 0.2) is 42.6 Å². The van der Waals surface area contributed by atoms with Crippen LogP contribution >= 0.6 is 0 Å². The predicted octanol–water partition coefficient (Wildman–Crippen LogP) is 2.61. The minimum absolute atomic E-state index is 0.143. The smallest absolute Gasteiger partial charge is 0.217 e. The summed E-state index contributed by atoms with van der Waals surface area (Å²) in [6, 6.07) is 9.95. The summed E-state index contributed by atoms with van der Waals surface area (Å²) >= 11 is 0. The molecular weight excluding hydrogens is 269 g/mol. The van der Waals surface area contributed by atoms with Crippen molar-refractivity contribution < 1.29 is 9.13 Å². The summed E-state index contributed by atoms with van der Waals surface area (Å²) in [7, 11) is 0. The average molecular weight is 281 g/mol. The quantitative estimate of drug-likeness (QED) is 0.678.